The summed E-state index contributed by atoms with van der Waals surface area (Å²) in [7, 11) is 0. The molecule has 1 aromatic heterocycles. The molecule has 1 aromatic rings. The predicted octanol–water partition coefficient (Wildman–Crippen LogP) is 1.83. The van der Waals surface area contributed by atoms with Crippen LogP contribution in [0.5, 0.6) is 0 Å². The molecule has 1 saturated carbocycles. The van der Waals surface area contributed by atoms with Crippen LogP contribution in [0.25, 0.3) is 0 Å². The van der Waals surface area contributed by atoms with Crippen LogP contribution in [-0.4, -0.2) is 43.7 Å². The van der Waals surface area contributed by atoms with Crippen molar-refractivity contribution in [1.82, 2.24) is 10.5 Å². The smallest absolute Gasteiger partial charge is 0.332 e. The van der Waals surface area contributed by atoms with Gasteiger partial charge in [0.2, 0.25) is 5.71 Å². The number of nitrogens with two attached hydrogens (primary N) is 1. The van der Waals surface area contributed by atoms with E-state index in [-0.39, 0.29) is 0 Å². The summed E-state index contributed by atoms with van der Waals surface area (Å²) in [6.45, 7) is 3.60. The number of carbonyl (C=O) groups excluding carboxylic acids is 1. The van der Waals surface area contributed by atoms with Gasteiger partial charge < -0.3 is 16.1 Å². The normalized spacial score (nSPS) is 28.7. The first kappa shape index (κ1) is 16.9. The average molecular weight is 351 g/mol. The number of hydrazone groups is 1. The van der Waals surface area contributed by atoms with Gasteiger partial charge in [0, 0.05) is 6.42 Å². The molecule has 1 atom stereocenters. The highest BCUT2D eigenvalue weighted by Gasteiger charge is 2.65. The van der Waals surface area contributed by atoms with Crippen molar-refractivity contribution in [2.24, 2.45) is 10.8 Å². The molecule has 1 fully saturated rings. The van der Waals surface area contributed by atoms with Crippen LogP contribution < -0.4 is 11.2 Å². The number of amides is 2. The standard InChI is InChI=1S/C15H21N5O3S/c1-14(2)12(10-6-5-9-24-10)19(22)15(20(14)23)8-4-3-7-11(15)17-18-13(16)21/h5-6,9,23H,3-4,7-8H2,1-2H3,(H3,16,18,21)/b17-11+. The maximum Gasteiger partial charge on any atom is 0.332 e. The summed E-state index contributed by atoms with van der Waals surface area (Å²) in [4.78, 5) is 11.8. The third-order valence-corrected chi connectivity index (χ3v) is 5.58. The predicted molar refractivity (Wildman–Crippen MR) is 91.1 cm³/mol. The minimum absolute atomic E-state index is 0.421. The fourth-order valence-corrected chi connectivity index (χ4v) is 4.53. The maximum absolute atomic E-state index is 13.3. The number of hydroxylamine groups is 3. The van der Waals surface area contributed by atoms with Crippen LogP contribution in [0.15, 0.2) is 22.6 Å². The Morgan fingerprint density at radius 1 is 1.54 bits per heavy atom. The molecule has 9 heteroatoms. The zero-order valence-electron chi connectivity index (χ0n) is 13.7. The van der Waals surface area contributed by atoms with E-state index in [9.17, 15) is 15.2 Å². The molecule has 0 bridgehead atoms. The first-order valence-electron chi connectivity index (χ1n) is 7.82. The number of rotatable bonds is 2. The van der Waals surface area contributed by atoms with Crippen molar-refractivity contribution < 1.29 is 14.7 Å². The quantitative estimate of drug-likeness (QED) is 0.428. The lowest BCUT2D eigenvalue weighted by Crippen LogP contribution is -2.61. The molecule has 0 radical (unpaired) electrons. The van der Waals surface area contributed by atoms with E-state index in [0.29, 0.717) is 24.3 Å². The van der Waals surface area contributed by atoms with Crippen molar-refractivity contribution in [3.63, 3.8) is 0 Å². The summed E-state index contributed by atoms with van der Waals surface area (Å²) in [5, 5.41) is 31.3. The summed E-state index contributed by atoms with van der Waals surface area (Å²) in [6, 6.07) is 2.93. The maximum atomic E-state index is 13.3. The van der Waals surface area contributed by atoms with Gasteiger partial charge in [-0.25, -0.2) is 10.2 Å². The Morgan fingerprint density at radius 3 is 2.92 bits per heavy atom. The molecule has 1 aliphatic carbocycles. The van der Waals surface area contributed by atoms with Gasteiger partial charge in [0.25, 0.3) is 5.66 Å². The Hall–Kier alpha value is -1.97. The van der Waals surface area contributed by atoms with Crippen LogP contribution in [0.4, 0.5) is 4.79 Å². The SMILES string of the molecule is CC1(C)C(c2cccs2)=[N+]([O-])C2(CCCC/C2=N\NC(N)=O)N1O. The lowest BCUT2D eigenvalue weighted by Gasteiger charge is -2.38. The van der Waals surface area contributed by atoms with E-state index >= 15 is 0 Å². The zero-order chi connectivity index (χ0) is 17.5. The van der Waals surface area contributed by atoms with Crippen LogP contribution >= 0.6 is 11.3 Å². The minimum atomic E-state index is -1.32. The molecule has 3 rings (SSSR count). The number of thiophene rings is 1. The van der Waals surface area contributed by atoms with Crippen molar-refractivity contribution in [1.29, 1.82) is 0 Å². The van der Waals surface area contributed by atoms with Gasteiger partial charge >= 0.3 is 6.03 Å². The Kier molecular flexibility index (Phi) is 4.10. The number of hydrogen-bond acceptors (Lipinski definition) is 6. The highest BCUT2D eigenvalue weighted by atomic mass is 32.1. The van der Waals surface area contributed by atoms with Crippen LogP contribution in [0, 0.1) is 5.21 Å². The molecular weight excluding hydrogens is 330 g/mol. The third kappa shape index (κ3) is 2.31. The van der Waals surface area contributed by atoms with Gasteiger partial charge in [-0.05, 0) is 44.6 Å². The van der Waals surface area contributed by atoms with E-state index in [1.165, 1.54) is 11.3 Å². The largest absolute Gasteiger partial charge is 0.622 e. The molecule has 24 heavy (non-hydrogen) atoms. The van der Waals surface area contributed by atoms with Gasteiger partial charge in [0.15, 0.2) is 0 Å². The molecule has 2 aliphatic rings. The van der Waals surface area contributed by atoms with Crippen LogP contribution in [0.3, 0.4) is 0 Å². The van der Waals surface area contributed by atoms with Gasteiger partial charge in [0.05, 0.1) is 4.88 Å². The third-order valence-electron chi connectivity index (χ3n) is 4.71. The summed E-state index contributed by atoms with van der Waals surface area (Å²) in [5.41, 5.74) is 6.00. The number of urea groups is 1. The van der Waals surface area contributed by atoms with Crippen LogP contribution in [0.1, 0.15) is 44.4 Å². The second-order valence-corrected chi connectivity index (χ2v) is 7.50. The molecule has 1 spiro atoms. The molecule has 4 N–H and O–H groups in total. The molecule has 2 heterocycles. The Balaban J connectivity index is 2.17. The first-order chi connectivity index (χ1) is 11.3. The monoisotopic (exact) mass is 351 g/mol. The zero-order valence-corrected chi connectivity index (χ0v) is 14.5. The van der Waals surface area contributed by atoms with Gasteiger partial charge in [-0.1, -0.05) is 6.07 Å². The van der Waals surface area contributed by atoms with E-state index < -0.39 is 17.2 Å². The molecule has 8 nitrogen and oxygen atoms in total. The fraction of sp³-hybridized carbons (Fsp3) is 0.533. The lowest BCUT2D eigenvalue weighted by molar-refractivity contribution is -0.568. The number of primary amides is 1. The summed E-state index contributed by atoms with van der Waals surface area (Å²) >= 11 is 1.45. The van der Waals surface area contributed by atoms with E-state index in [2.05, 4.69) is 10.5 Å². The van der Waals surface area contributed by atoms with E-state index in [0.717, 1.165) is 27.5 Å². The van der Waals surface area contributed by atoms with Gasteiger partial charge in [-0.2, -0.15) is 9.84 Å². The van der Waals surface area contributed by atoms with Crippen molar-refractivity contribution in [2.75, 3.05) is 0 Å². The molecular formula is C15H21N5O3S. The molecule has 1 aliphatic heterocycles. The fourth-order valence-electron chi connectivity index (χ4n) is 3.62. The van der Waals surface area contributed by atoms with Crippen molar-refractivity contribution in [2.45, 2.75) is 50.7 Å². The second kappa shape index (κ2) is 5.83. The molecule has 1 unspecified atom stereocenters. The summed E-state index contributed by atoms with van der Waals surface area (Å²) in [6.07, 6.45) is 2.53. The number of carbonyl (C=O) groups is 1. The summed E-state index contributed by atoms with van der Waals surface area (Å²) < 4.78 is 0.861. The molecule has 2 amide bonds. The van der Waals surface area contributed by atoms with Crippen LogP contribution in [-0.2, 0) is 0 Å². The van der Waals surface area contributed by atoms with E-state index in [4.69, 9.17) is 5.73 Å². The van der Waals surface area contributed by atoms with Gasteiger partial charge in [-0.15, -0.1) is 16.4 Å². The molecule has 0 aromatic carbocycles. The van der Waals surface area contributed by atoms with Crippen molar-refractivity contribution in [3.8, 4) is 0 Å². The topological polar surface area (TPSA) is 117 Å². The number of hydrogen-bond donors (Lipinski definition) is 3. The highest BCUT2D eigenvalue weighted by molar-refractivity contribution is 7.12. The van der Waals surface area contributed by atoms with Crippen LogP contribution in [0.2, 0.25) is 0 Å². The Labute approximate surface area is 143 Å². The second-order valence-electron chi connectivity index (χ2n) is 6.55. The number of nitrogens with zero attached hydrogens (tertiary/aromatic N) is 3. The van der Waals surface area contributed by atoms with Crippen molar-refractivity contribution >= 4 is 28.8 Å². The van der Waals surface area contributed by atoms with E-state index in [1.807, 2.05) is 17.5 Å². The number of nitrogens with one attached hydrogen (secondary N) is 1. The van der Waals surface area contributed by atoms with Gasteiger partial charge in [-0.3, -0.25) is 0 Å². The average Bonchev–Trinajstić information content (AvgIpc) is 3.09. The molecule has 0 saturated heterocycles. The molecule has 130 valence electrons. The van der Waals surface area contributed by atoms with Gasteiger partial charge in [0.1, 0.15) is 11.3 Å². The lowest BCUT2D eigenvalue weighted by atomic mass is 9.86. The van der Waals surface area contributed by atoms with E-state index in [1.54, 1.807) is 13.8 Å². The summed E-state index contributed by atoms with van der Waals surface area (Å²) in [5.74, 6) is 0. The first-order valence-corrected chi connectivity index (χ1v) is 8.70. The highest BCUT2D eigenvalue weighted by Crippen LogP contribution is 2.42. The Morgan fingerprint density at radius 2 is 2.29 bits per heavy atom. The Bertz CT molecular complexity index is 713. The minimum Gasteiger partial charge on any atom is -0.622 e. The van der Waals surface area contributed by atoms with Crippen molar-refractivity contribution in [3.05, 3.63) is 27.6 Å².